The van der Waals surface area contributed by atoms with Crippen molar-refractivity contribution < 1.29 is 9.53 Å². The molecule has 0 aliphatic rings. The van der Waals surface area contributed by atoms with Gasteiger partial charge >= 0.3 is 0 Å². The molecule has 3 N–H and O–H groups in total. The summed E-state index contributed by atoms with van der Waals surface area (Å²) in [5.74, 6) is 0.575. The largest absolute Gasteiger partial charge is 0.494 e. The van der Waals surface area contributed by atoms with E-state index < -0.39 is 0 Å². The molecule has 0 spiro atoms. The van der Waals surface area contributed by atoms with Crippen LogP contribution in [0.1, 0.15) is 36.5 Å². The van der Waals surface area contributed by atoms with Gasteiger partial charge in [-0.1, -0.05) is 38.0 Å². The highest BCUT2D eigenvalue weighted by atomic mass is 32.1. The quantitative estimate of drug-likeness (QED) is 0.404. The summed E-state index contributed by atoms with van der Waals surface area (Å²) >= 11 is 5.26. The third kappa shape index (κ3) is 5.08. The van der Waals surface area contributed by atoms with E-state index in [1.165, 1.54) is 12.8 Å². The monoisotopic (exact) mass is 381 g/mol. The van der Waals surface area contributed by atoms with Crippen LogP contribution >= 0.6 is 12.2 Å². The molecule has 1 heterocycles. The van der Waals surface area contributed by atoms with Crippen molar-refractivity contribution in [2.75, 3.05) is 11.9 Å². The van der Waals surface area contributed by atoms with Gasteiger partial charge < -0.3 is 15.0 Å². The Morgan fingerprint density at radius 3 is 2.67 bits per heavy atom. The molecule has 1 aromatic heterocycles. The summed E-state index contributed by atoms with van der Waals surface area (Å²) in [7, 11) is 0. The fourth-order valence-corrected chi connectivity index (χ4v) is 2.98. The first-order valence-electron chi connectivity index (χ1n) is 9.08. The number of rotatable bonds is 7. The molecule has 6 heteroatoms. The van der Waals surface area contributed by atoms with E-state index in [0.717, 1.165) is 35.4 Å². The number of aromatic amines is 1. The molecule has 0 unspecified atom stereocenters. The van der Waals surface area contributed by atoms with Crippen LogP contribution in [0.4, 0.5) is 5.69 Å². The van der Waals surface area contributed by atoms with Crippen LogP contribution in [0.2, 0.25) is 0 Å². The van der Waals surface area contributed by atoms with E-state index in [0.29, 0.717) is 5.56 Å². The summed E-state index contributed by atoms with van der Waals surface area (Å²) in [6.07, 6.45) is 5.09. The summed E-state index contributed by atoms with van der Waals surface area (Å²) in [4.78, 5) is 15.6. The lowest BCUT2D eigenvalue weighted by Crippen LogP contribution is -2.34. The van der Waals surface area contributed by atoms with Crippen LogP contribution in [0.3, 0.4) is 0 Å². The Labute approximate surface area is 164 Å². The minimum atomic E-state index is -0.249. The highest BCUT2D eigenvalue weighted by Gasteiger charge is 2.13. The van der Waals surface area contributed by atoms with Gasteiger partial charge in [0.25, 0.3) is 5.91 Å². The van der Waals surface area contributed by atoms with E-state index >= 15 is 0 Å². The Morgan fingerprint density at radius 2 is 1.89 bits per heavy atom. The van der Waals surface area contributed by atoms with Crippen molar-refractivity contribution in [1.82, 2.24) is 10.3 Å². The van der Waals surface area contributed by atoms with E-state index in [1.807, 2.05) is 48.5 Å². The molecule has 0 aliphatic carbocycles. The van der Waals surface area contributed by atoms with Crippen LogP contribution in [0, 0.1) is 0 Å². The molecule has 140 valence electrons. The van der Waals surface area contributed by atoms with Crippen molar-refractivity contribution in [2.45, 2.75) is 26.2 Å². The molecular formula is C21H23N3O2S. The second kappa shape index (κ2) is 9.19. The second-order valence-electron chi connectivity index (χ2n) is 6.24. The van der Waals surface area contributed by atoms with Gasteiger partial charge in [-0.2, -0.15) is 0 Å². The summed E-state index contributed by atoms with van der Waals surface area (Å²) < 4.78 is 5.69. The van der Waals surface area contributed by atoms with Crippen molar-refractivity contribution >= 4 is 39.8 Å². The third-order valence-corrected chi connectivity index (χ3v) is 4.39. The Morgan fingerprint density at radius 1 is 1.11 bits per heavy atom. The lowest BCUT2D eigenvalue weighted by Gasteiger charge is -2.10. The Balaban J connectivity index is 1.53. The summed E-state index contributed by atoms with van der Waals surface area (Å²) in [6.45, 7) is 2.89. The standard InChI is InChI=1S/C21H23N3O2S/c1-2-3-6-13-26-16-11-9-15(10-12-16)23-21(27)24-20(25)18-14-22-19-8-5-4-7-17(18)19/h4-5,7-12,14,22H,2-3,6,13H2,1H3,(H2,23,24,25,27). The van der Waals surface area contributed by atoms with Crippen LogP contribution < -0.4 is 15.4 Å². The van der Waals surface area contributed by atoms with E-state index in [9.17, 15) is 4.79 Å². The first-order chi connectivity index (χ1) is 13.2. The fourth-order valence-electron chi connectivity index (χ4n) is 2.77. The number of fused-ring (bicyclic) bond motifs is 1. The molecule has 2 aromatic carbocycles. The van der Waals surface area contributed by atoms with Crippen LogP contribution in [0.5, 0.6) is 5.75 Å². The molecule has 0 fully saturated rings. The van der Waals surface area contributed by atoms with E-state index in [1.54, 1.807) is 6.20 Å². The van der Waals surface area contributed by atoms with Gasteiger partial charge in [-0.15, -0.1) is 0 Å². The van der Waals surface area contributed by atoms with E-state index in [-0.39, 0.29) is 11.0 Å². The zero-order valence-corrected chi connectivity index (χ0v) is 16.1. The van der Waals surface area contributed by atoms with Gasteiger partial charge in [0.15, 0.2) is 5.11 Å². The molecule has 0 atom stereocenters. The average molecular weight is 382 g/mol. The van der Waals surface area contributed by atoms with Crippen LogP contribution in [0.15, 0.2) is 54.7 Å². The molecule has 0 saturated heterocycles. The number of unbranched alkanes of at least 4 members (excludes halogenated alkanes) is 2. The van der Waals surface area contributed by atoms with Gasteiger partial charge in [0.2, 0.25) is 0 Å². The van der Waals surface area contributed by atoms with E-state index in [4.69, 9.17) is 17.0 Å². The lowest BCUT2D eigenvalue weighted by atomic mass is 10.1. The van der Waals surface area contributed by atoms with Gasteiger partial charge in [-0.05, 0) is 49.0 Å². The molecule has 0 bridgehead atoms. The average Bonchev–Trinajstić information content (AvgIpc) is 3.11. The number of hydrogen-bond acceptors (Lipinski definition) is 3. The highest BCUT2D eigenvalue weighted by molar-refractivity contribution is 7.80. The Hall–Kier alpha value is -2.86. The van der Waals surface area contributed by atoms with Crippen LogP contribution in [0.25, 0.3) is 10.9 Å². The lowest BCUT2D eigenvalue weighted by molar-refractivity contribution is 0.0979. The Kier molecular flexibility index (Phi) is 6.44. The minimum absolute atomic E-state index is 0.249. The van der Waals surface area contributed by atoms with Gasteiger partial charge in [0.05, 0.1) is 12.2 Å². The molecule has 1 amide bonds. The van der Waals surface area contributed by atoms with Crippen molar-refractivity contribution in [1.29, 1.82) is 0 Å². The zero-order chi connectivity index (χ0) is 19.1. The van der Waals surface area contributed by atoms with Crippen molar-refractivity contribution in [2.24, 2.45) is 0 Å². The number of carbonyl (C=O) groups excluding carboxylic acids is 1. The third-order valence-electron chi connectivity index (χ3n) is 4.19. The number of H-pyrrole nitrogens is 1. The number of carbonyl (C=O) groups is 1. The van der Waals surface area contributed by atoms with Crippen LogP contribution in [-0.2, 0) is 0 Å². The van der Waals surface area contributed by atoms with E-state index in [2.05, 4.69) is 22.5 Å². The SMILES string of the molecule is CCCCCOc1ccc(NC(=S)NC(=O)c2c[nH]c3ccccc23)cc1. The molecule has 3 rings (SSSR count). The first-order valence-corrected chi connectivity index (χ1v) is 9.49. The van der Waals surface area contributed by atoms with Crippen LogP contribution in [-0.4, -0.2) is 22.6 Å². The number of benzene rings is 2. The number of para-hydroxylation sites is 1. The molecule has 0 radical (unpaired) electrons. The fraction of sp³-hybridized carbons (Fsp3) is 0.238. The number of nitrogens with one attached hydrogen (secondary N) is 3. The van der Waals surface area contributed by atoms with Gasteiger partial charge in [0, 0.05) is 22.8 Å². The number of hydrogen-bond donors (Lipinski definition) is 3. The molecular weight excluding hydrogens is 358 g/mol. The van der Waals surface area contributed by atoms with Gasteiger partial charge in [-0.3, -0.25) is 10.1 Å². The van der Waals surface area contributed by atoms with Gasteiger partial charge in [-0.25, -0.2) is 0 Å². The molecule has 3 aromatic rings. The number of anilines is 1. The number of ether oxygens (including phenoxy) is 1. The summed E-state index contributed by atoms with van der Waals surface area (Å²) in [6, 6.07) is 15.2. The molecule has 0 saturated carbocycles. The first kappa shape index (κ1) is 18.9. The maximum atomic E-state index is 12.5. The van der Waals surface area contributed by atoms with Gasteiger partial charge in [0.1, 0.15) is 5.75 Å². The predicted molar refractivity (Wildman–Crippen MR) is 113 cm³/mol. The van der Waals surface area contributed by atoms with Crippen molar-refractivity contribution in [3.8, 4) is 5.75 Å². The topological polar surface area (TPSA) is 66.2 Å². The number of thiocarbonyl (C=S) groups is 1. The van der Waals surface area contributed by atoms with Crippen molar-refractivity contribution in [3.05, 3.63) is 60.3 Å². The van der Waals surface area contributed by atoms with Crippen molar-refractivity contribution in [3.63, 3.8) is 0 Å². The summed E-state index contributed by atoms with van der Waals surface area (Å²) in [5, 5.41) is 6.85. The molecule has 27 heavy (non-hydrogen) atoms. The smallest absolute Gasteiger partial charge is 0.259 e. The summed E-state index contributed by atoms with van der Waals surface area (Å²) in [5.41, 5.74) is 2.27. The zero-order valence-electron chi connectivity index (χ0n) is 15.2. The normalized spacial score (nSPS) is 10.6. The number of aromatic nitrogens is 1. The minimum Gasteiger partial charge on any atom is -0.494 e. The predicted octanol–water partition coefficient (Wildman–Crippen LogP) is 4.86. The maximum Gasteiger partial charge on any atom is 0.259 e. The maximum absolute atomic E-state index is 12.5. The highest BCUT2D eigenvalue weighted by Crippen LogP contribution is 2.18. The molecule has 5 nitrogen and oxygen atoms in total. The Bertz CT molecular complexity index is 919. The molecule has 0 aliphatic heterocycles. The number of amides is 1. The second-order valence-corrected chi connectivity index (χ2v) is 6.64.